The van der Waals surface area contributed by atoms with Crippen LogP contribution in [0.15, 0.2) is 66.9 Å². The molecule has 1 heterocycles. The van der Waals surface area contributed by atoms with Gasteiger partial charge in [-0.2, -0.15) is 0 Å². The number of pyridine rings is 1. The van der Waals surface area contributed by atoms with E-state index in [1.165, 1.54) is 11.1 Å². The first kappa shape index (κ1) is 23.9. The van der Waals surface area contributed by atoms with Gasteiger partial charge in [-0.3, -0.25) is 19.9 Å². The minimum atomic E-state index is -1.07. The minimum absolute atomic E-state index is 0.0311. The number of carboxylic acid groups (broad SMARTS) is 1. The van der Waals surface area contributed by atoms with Gasteiger partial charge in [-0.25, -0.2) is 4.79 Å². The van der Waals surface area contributed by atoms with Gasteiger partial charge in [-0.15, -0.1) is 0 Å². The number of aromatic nitrogens is 1. The summed E-state index contributed by atoms with van der Waals surface area (Å²) in [5.74, 6) is -1.43. The first-order chi connectivity index (χ1) is 16.8. The third-order valence-corrected chi connectivity index (χ3v) is 6.00. The van der Waals surface area contributed by atoms with Crippen LogP contribution in [-0.2, 0) is 20.7 Å². The van der Waals surface area contributed by atoms with Crippen molar-refractivity contribution in [1.29, 1.82) is 0 Å². The van der Waals surface area contributed by atoms with Crippen molar-refractivity contribution in [3.8, 4) is 11.1 Å². The van der Waals surface area contributed by atoms with Crippen LogP contribution in [0, 0.1) is 0 Å². The Bertz CT molecular complexity index is 1190. The van der Waals surface area contributed by atoms with E-state index < -0.39 is 12.1 Å². The number of ether oxygens (including phenoxy) is 1. The molecule has 180 valence electrons. The van der Waals surface area contributed by atoms with Crippen molar-refractivity contribution in [3.05, 3.63) is 83.7 Å². The van der Waals surface area contributed by atoms with Gasteiger partial charge in [0.2, 0.25) is 5.91 Å². The van der Waals surface area contributed by atoms with Crippen molar-refractivity contribution in [2.45, 2.75) is 32.2 Å². The van der Waals surface area contributed by atoms with E-state index in [-0.39, 0.29) is 37.4 Å². The molecule has 0 saturated carbocycles. The Kier molecular flexibility index (Phi) is 7.10. The number of nitrogens with zero attached hydrogens (tertiary/aromatic N) is 2. The molecule has 0 fully saturated rings. The summed E-state index contributed by atoms with van der Waals surface area (Å²) < 4.78 is 5.54. The van der Waals surface area contributed by atoms with E-state index in [4.69, 9.17) is 9.84 Å². The number of carbonyl (C=O) groups is 3. The molecule has 8 nitrogen and oxygen atoms in total. The molecule has 0 unspecified atom stereocenters. The van der Waals surface area contributed by atoms with Gasteiger partial charge in [0, 0.05) is 17.7 Å². The third kappa shape index (κ3) is 5.48. The molecule has 2 amide bonds. The second kappa shape index (κ2) is 10.4. The summed E-state index contributed by atoms with van der Waals surface area (Å²) in [6, 6.07) is 19.3. The van der Waals surface area contributed by atoms with Gasteiger partial charge < -0.3 is 14.7 Å². The van der Waals surface area contributed by atoms with Gasteiger partial charge in [0.25, 0.3) is 0 Å². The second-order valence-electron chi connectivity index (χ2n) is 8.67. The number of carboxylic acids is 1. The lowest BCUT2D eigenvalue weighted by atomic mass is 9.98. The monoisotopic (exact) mass is 473 g/mol. The molecule has 1 aliphatic rings. The van der Waals surface area contributed by atoms with Crippen LogP contribution in [-0.4, -0.2) is 52.2 Å². The molecular weight excluding hydrogens is 446 g/mol. The minimum Gasteiger partial charge on any atom is -0.480 e. The standard InChI is InChI=1S/C27H27N3O5/c1-17(2)30(15-26(32)33)25(31)13-18-11-12-19(14-28-18)29-27(34)35-16-24-22-9-5-3-7-20(22)21-8-4-6-10-23(21)24/h3-12,14,17,24H,13,15-16H2,1-2H3,(H,29,34)(H,32,33). The smallest absolute Gasteiger partial charge is 0.411 e. The molecule has 0 aliphatic heterocycles. The van der Waals surface area contributed by atoms with E-state index >= 15 is 0 Å². The summed E-state index contributed by atoms with van der Waals surface area (Å²) in [4.78, 5) is 41.4. The maximum Gasteiger partial charge on any atom is 0.411 e. The first-order valence-electron chi connectivity index (χ1n) is 11.4. The zero-order chi connectivity index (χ0) is 24.9. The number of aliphatic carboxylic acids is 1. The van der Waals surface area contributed by atoms with Gasteiger partial charge in [0.05, 0.1) is 18.3 Å². The van der Waals surface area contributed by atoms with E-state index in [0.29, 0.717) is 11.4 Å². The molecule has 8 heteroatoms. The fourth-order valence-electron chi connectivity index (χ4n) is 4.32. The highest BCUT2D eigenvalue weighted by atomic mass is 16.5. The molecule has 3 aromatic rings. The maximum atomic E-state index is 12.5. The van der Waals surface area contributed by atoms with Crippen LogP contribution in [0.5, 0.6) is 0 Å². The quantitative estimate of drug-likeness (QED) is 0.505. The molecule has 1 aliphatic carbocycles. The van der Waals surface area contributed by atoms with Crippen LogP contribution in [0.2, 0.25) is 0 Å². The summed E-state index contributed by atoms with van der Waals surface area (Å²) in [7, 11) is 0. The number of hydrogen-bond acceptors (Lipinski definition) is 5. The Labute approximate surface area is 203 Å². The summed E-state index contributed by atoms with van der Waals surface area (Å²) in [6.07, 6.45) is 0.822. The van der Waals surface area contributed by atoms with E-state index in [1.54, 1.807) is 26.0 Å². The summed E-state index contributed by atoms with van der Waals surface area (Å²) in [6.45, 7) is 3.36. The van der Waals surface area contributed by atoms with Gasteiger partial charge in [0.1, 0.15) is 13.2 Å². The average Bonchev–Trinajstić information content (AvgIpc) is 3.16. The van der Waals surface area contributed by atoms with Crippen LogP contribution in [0.25, 0.3) is 11.1 Å². The van der Waals surface area contributed by atoms with Crippen LogP contribution in [0.3, 0.4) is 0 Å². The predicted molar refractivity (Wildman–Crippen MR) is 131 cm³/mol. The molecule has 0 saturated heterocycles. The summed E-state index contributed by atoms with van der Waals surface area (Å²) in [5, 5.41) is 11.7. The number of fused-ring (bicyclic) bond motifs is 3. The normalized spacial score (nSPS) is 12.1. The van der Waals surface area contributed by atoms with Gasteiger partial charge in [0.15, 0.2) is 0 Å². The van der Waals surface area contributed by atoms with Gasteiger partial charge >= 0.3 is 12.1 Å². The third-order valence-electron chi connectivity index (χ3n) is 6.00. The van der Waals surface area contributed by atoms with Crippen LogP contribution in [0.4, 0.5) is 10.5 Å². The lowest BCUT2D eigenvalue weighted by molar-refractivity contribution is -0.145. The highest BCUT2D eigenvalue weighted by molar-refractivity contribution is 5.85. The zero-order valence-corrected chi connectivity index (χ0v) is 19.6. The van der Waals surface area contributed by atoms with Crippen molar-refractivity contribution in [2.24, 2.45) is 0 Å². The van der Waals surface area contributed by atoms with Gasteiger partial charge in [-0.1, -0.05) is 48.5 Å². The molecule has 0 spiro atoms. The maximum absolute atomic E-state index is 12.5. The Hall–Kier alpha value is -4.20. The van der Waals surface area contributed by atoms with Crippen molar-refractivity contribution >= 4 is 23.7 Å². The molecule has 35 heavy (non-hydrogen) atoms. The van der Waals surface area contributed by atoms with E-state index in [9.17, 15) is 14.4 Å². The number of hydrogen-bond donors (Lipinski definition) is 2. The van der Waals surface area contributed by atoms with Crippen molar-refractivity contribution in [1.82, 2.24) is 9.88 Å². The number of benzene rings is 2. The van der Waals surface area contributed by atoms with Crippen molar-refractivity contribution in [2.75, 3.05) is 18.5 Å². The Morgan fingerprint density at radius 2 is 1.63 bits per heavy atom. The number of anilines is 1. The lowest BCUT2D eigenvalue weighted by Crippen LogP contribution is -2.41. The molecule has 1 aromatic heterocycles. The summed E-state index contributed by atoms with van der Waals surface area (Å²) >= 11 is 0. The largest absolute Gasteiger partial charge is 0.480 e. The molecule has 0 radical (unpaired) electrons. The molecule has 0 bridgehead atoms. The Morgan fingerprint density at radius 1 is 1.00 bits per heavy atom. The number of nitrogens with one attached hydrogen (secondary N) is 1. The lowest BCUT2D eigenvalue weighted by Gasteiger charge is -2.24. The van der Waals surface area contributed by atoms with Crippen LogP contribution < -0.4 is 5.32 Å². The molecule has 2 N–H and O–H groups in total. The number of carbonyl (C=O) groups excluding carboxylic acids is 2. The highest BCUT2D eigenvalue weighted by Gasteiger charge is 2.29. The Balaban J connectivity index is 1.34. The van der Waals surface area contributed by atoms with E-state index in [0.717, 1.165) is 22.3 Å². The van der Waals surface area contributed by atoms with Gasteiger partial charge in [-0.05, 0) is 48.2 Å². The Morgan fingerprint density at radius 3 is 2.17 bits per heavy atom. The zero-order valence-electron chi connectivity index (χ0n) is 19.6. The first-order valence-corrected chi connectivity index (χ1v) is 11.4. The van der Waals surface area contributed by atoms with E-state index in [2.05, 4.69) is 34.6 Å². The highest BCUT2D eigenvalue weighted by Crippen LogP contribution is 2.44. The molecule has 0 atom stereocenters. The fourth-order valence-corrected chi connectivity index (χ4v) is 4.32. The van der Waals surface area contributed by atoms with Crippen molar-refractivity contribution in [3.63, 3.8) is 0 Å². The SMILES string of the molecule is CC(C)N(CC(=O)O)C(=O)Cc1ccc(NC(=O)OCC2c3ccccc3-c3ccccc32)cn1. The molecule has 4 rings (SSSR count). The average molecular weight is 474 g/mol. The fraction of sp³-hybridized carbons (Fsp3) is 0.259. The molecule has 2 aromatic carbocycles. The van der Waals surface area contributed by atoms with Crippen LogP contribution >= 0.6 is 0 Å². The second-order valence-corrected chi connectivity index (χ2v) is 8.67. The molecular formula is C27H27N3O5. The van der Waals surface area contributed by atoms with Crippen molar-refractivity contribution < 1.29 is 24.2 Å². The topological polar surface area (TPSA) is 109 Å². The summed E-state index contributed by atoms with van der Waals surface area (Å²) in [5.41, 5.74) is 5.50. The number of amides is 2. The van der Waals surface area contributed by atoms with E-state index in [1.807, 2.05) is 24.3 Å². The number of rotatable bonds is 8. The predicted octanol–water partition coefficient (Wildman–Crippen LogP) is 4.31. The van der Waals surface area contributed by atoms with Crippen LogP contribution in [0.1, 0.15) is 36.6 Å².